The molecule has 0 aliphatic rings. The molecule has 6 heteroatoms. The van der Waals surface area contributed by atoms with Gasteiger partial charge in [0.05, 0.1) is 22.8 Å². The van der Waals surface area contributed by atoms with Crippen molar-refractivity contribution in [2.24, 2.45) is 0 Å². The summed E-state index contributed by atoms with van der Waals surface area (Å²) < 4.78 is 0. The van der Waals surface area contributed by atoms with Gasteiger partial charge < -0.3 is 10.4 Å². The number of carbonyl (C=O) groups is 2. The summed E-state index contributed by atoms with van der Waals surface area (Å²) in [5, 5.41) is 14.4. The number of hydrogen-bond acceptors (Lipinski definition) is 3. The second kappa shape index (κ2) is 12.4. The highest BCUT2D eigenvalue weighted by molar-refractivity contribution is 6.31. The van der Waals surface area contributed by atoms with E-state index in [-0.39, 0.29) is 17.5 Å². The van der Waals surface area contributed by atoms with Crippen LogP contribution in [-0.4, -0.2) is 22.0 Å². The Morgan fingerprint density at radius 1 is 0.850 bits per heavy atom. The van der Waals surface area contributed by atoms with Crippen LogP contribution in [-0.2, 0) is 6.42 Å². The zero-order valence-corrected chi connectivity index (χ0v) is 22.4. The van der Waals surface area contributed by atoms with Gasteiger partial charge in [0.1, 0.15) is 0 Å². The summed E-state index contributed by atoms with van der Waals surface area (Å²) in [6.45, 7) is 0. The number of hydrogen-bond donors (Lipinski definition) is 2. The molecule has 1 unspecified atom stereocenters. The monoisotopic (exact) mass is 546 g/mol. The molecule has 5 rings (SSSR count). The lowest BCUT2D eigenvalue weighted by atomic mass is 9.95. The van der Waals surface area contributed by atoms with E-state index in [1.54, 1.807) is 24.3 Å². The second-order valence-electron chi connectivity index (χ2n) is 9.47. The molecule has 1 aromatic heterocycles. The molecule has 0 aliphatic heterocycles. The minimum Gasteiger partial charge on any atom is -0.478 e. The Kier molecular flexibility index (Phi) is 8.33. The molecule has 2 N–H and O–H groups in total. The minimum absolute atomic E-state index is 0.183. The number of halogens is 1. The number of benzene rings is 4. The van der Waals surface area contributed by atoms with Gasteiger partial charge in [-0.3, -0.25) is 4.79 Å². The van der Waals surface area contributed by atoms with E-state index in [1.165, 1.54) is 0 Å². The van der Waals surface area contributed by atoms with Crippen molar-refractivity contribution in [1.82, 2.24) is 10.3 Å². The third-order valence-electron chi connectivity index (χ3n) is 6.73. The van der Waals surface area contributed by atoms with Crippen molar-refractivity contribution in [3.8, 4) is 0 Å². The number of carbonyl (C=O) groups excluding carboxylic acids is 1. The van der Waals surface area contributed by atoms with Gasteiger partial charge in [-0.1, -0.05) is 84.4 Å². The van der Waals surface area contributed by atoms with Crippen LogP contribution in [0.1, 0.15) is 55.6 Å². The number of nitrogens with one attached hydrogen (secondary N) is 1. The molecule has 0 saturated heterocycles. The molecular weight excluding hydrogens is 520 g/mol. The second-order valence-corrected chi connectivity index (χ2v) is 9.91. The van der Waals surface area contributed by atoms with Gasteiger partial charge in [0.25, 0.3) is 5.91 Å². The summed E-state index contributed by atoms with van der Waals surface area (Å²) in [6.07, 6.45) is 4.95. The van der Waals surface area contributed by atoms with Crippen LogP contribution < -0.4 is 5.32 Å². The standard InChI is InChI=1S/C34H27ClN2O3/c35-28-17-14-25-15-19-29(36-32(25)22-28)18-13-23-7-6-11-27(21-23)31(37-33(38)26-9-2-1-3-10-26)20-16-24-8-4-5-12-30(24)34(39)40/h1-15,17-19,21-22,31H,16,20H2,(H,37,38)(H,39,40)/b18-13+. The Morgan fingerprint density at radius 2 is 1.62 bits per heavy atom. The fraction of sp³-hybridized carbons (Fsp3) is 0.0882. The maximum atomic E-state index is 13.1. The van der Waals surface area contributed by atoms with Crippen molar-refractivity contribution >= 4 is 46.5 Å². The molecule has 0 bridgehead atoms. The normalized spacial score (nSPS) is 11.9. The van der Waals surface area contributed by atoms with Crippen LogP contribution in [0.2, 0.25) is 5.02 Å². The molecule has 0 saturated carbocycles. The first-order valence-electron chi connectivity index (χ1n) is 13.0. The molecule has 1 amide bonds. The lowest BCUT2D eigenvalue weighted by Crippen LogP contribution is -2.29. The van der Waals surface area contributed by atoms with Crippen LogP contribution in [0.15, 0.2) is 109 Å². The molecule has 0 aliphatic carbocycles. The Bertz CT molecular complexity index is 1700. The number of pyridine rings is 1. The molecule has 40 heavy (non-hydrogen) atoms. The number of carboxylic acid groups (broad SMARTS) is 1. The van der Waals surface area contributed by atoms with Crippen molar-refractivity contribution in [2.75, 3.05) is 0 Å². The number of aryl methyl sites for hydroxylation is 1. The lowest BCUT2D eigenvalue weighted by Gasteiger charge is -2.20. The Labute approximate surface area is 237 Å². The summed E-state index contributed by atoms with van der Waals surface area (Å²) >= 11 is 6.14. The van der Waals surface area contributed by atoms with Crippen molar-refractivity contribution < 1.29 is 14.7 Å². The number of nitrogens with zero attached hydrogens (tertiary/aromatic N) is 1. The number of aromatic carboxylic acids is 1. The molecule has 0 spiro atoms. The van der Waals surface area contributed by atoms with Gasteiger partial charge in [-0.15, -0.1) is 0 Å². The van der Waals surface area contributed by atoms with E-state index < -0.39 is 5.97 Å². The molecule has 1 heterocycles. The van der Waals surface area contributed by atoms with Crippen LogP contribution >= 0.6 is 11.6 Å². The van der Waals surface area contributed by atoms with Crippen molar-refractivity contribution in [3.05, 3.63) is 148 Å². The summed E-state index contributed by atoms with van der Waals surface area (Å²) in [5.41, 5.74) is 5.09. The van der Waals surface area contributed by atoms with Gasteiger partial charge in [-0.05, 0) is 78.1 Å². The third-order valence-corrected chi connectivity index (χ3v) is 6.96. The topological polar surface area (TPSA) is 79.3 Å². The van der Waals surface area contributed by atoms with Crippen molar-refractivity contribution in [1.29, 1.82) is 0 Å². The van der Waals surface area contributed by atoms with Crippen LogP contribution in [0, 0.1) is 0 Å². The predicted octanol–water partition coefficient (Wildman–Crippen LogP) is 7.86. The summed E-state index contributed by atoms with van der Waals surface area (Å²) in [6, 6.07) is 33.3. The molecule has 5 nitrogen and oxygen atoms in total. The predicted molar refractivity (Wildman–Crippen MR) is 160 cm³/mol. The maximum Gasteiger partial charge on any atom is 0.335 e. The first-order chi connectivity index (χ1) is 19.5. The molecular formula is C34H27ClN2O3. The van der Waals surface area contributed by atoms with E-state index in [0.717, 1.165) is 33.3 Å². The number of amides is 1. The lowest BCUT2D eigenvalue weighted by molar-refractivity contribution is 0.0695. The Balaban J connectivity index is 1.40. The van der Waals surface area contributed by atoms with E-state index in [1.807, 2.05) is 97.1 Å². The van der Waals surface area contributed by atoms with Gasteiger partial charge in [0.2, 0.25) is 0 Å². The molecule has 5 aromatic rings. The smallest absolute Gasteiger partial charge is 0.335 e. The average Bonchev–Trinajstić information content (AvgIpc) is 2.98. The van der Waals surface area contributed by atoms with E-state index in [2.05, 4.69) is 5.32 Å². The van der Waals surface area contributed by atoms with Crippen LogP contribution in [0.3, 0.4) is 0 Å². The first kappa shape index (κ1) is 26.9. The highest BCUT2D eigenvalue weighted by atomic mass is 35.5. The van der Waals surface area contributed by atoms with E-state index >= 15 is 0 Å². The summed E-state index contributed by atoms with van der Waals surface area (Å²) in [4.78, 5) is 29.5. The van der Waals surface area contributed by atoms with Crippen LogP contribution in [0.4, 0.5) is 0 Å². The zero-order chi connectivity index (χ0) is 27.9. The maximum absolute atomic E-state index is 13.1. The first-order valence-corrected chi connectivity index (χ1v) is 13.4. The molecule has 1 atom stereocenters. The molecule has 0 radical (unpaired) electrons. The molecule has 198 valence electrons. The van der Waals surface area contributed by atoms with Gasteiger partial charge in [-0.2, -0.15) is 0 Å². The molecule has 0 fully saturated rings. The Morgan fingerprint density at radius 3 is 2.45 bits per heavy atom. The van der Waals surface area contributed by atoms with E-state index in [4.69, 9.17) is 16.6 Å². The van der Waals surface area contributed by atoms with Gasteiger partial charge in [0, 0.05) is 16.0 Å². The fourth-order valence-corrected chi connectivity index (χ4v) is 4.83. The van der Waals surface area contributed by atoms with Crippen molar-refractivity contribution in [3.63, 3.8) is 0 Å². The van der Waals surface area contributed by atoms with Gasteiger partial charge in [0.15, 0.2) is 0 Å². The van der Waals surface area contributed by atoms with E-state index in [0.29, 0.717) is 23.4 Å². The van der Waals surface area contributed by atoms with Gasteiger partial charge in [-0.25, -0.2) is 9.78 Å². The number of fused-ring (bicyclic) bond motifs is 1. The summed E-state index contributed by atoms with van der Waals surface area (Å²) in [7, 11) is 0. The van der Waals surface area contributed by atoms with Crippen LogP contribution in [0.25, 0.3) is 23.1 Å². The van der Waals surface area contributed by atoms with Gasteiger partial charge >= 0.3 is 5.97 Å². The quantitative estimate of drug-likeness (QED) is 0.197. The third kappa shape index (κ3) is 6.63. The Hall–Kier alpha value is -4.74. The molecule has 4 aromatic carbocycles. The largest absolute Gasteiger partial charge is 0.478 e. The number of aromatic nitrogens is 1. The highest BCUT2D eigenvalue weighted by Crippen LogP contribution is 2.24. The summed E-state index contributed by atoms with van der Waals surface area (Å²) in [5.74, 6) is -1.14. The SMILES string of the molecule is O=C(NC(CCc1ccccc1C(=O)O)c1cccc(/C=C/c2ccc3ccc(Cl)cc3n2)c1)c1ccccc1. The van der Waals surface area contributed by atoms with E-state index in [9.17, 15) is 14.7 Å². The fourth-order valence-electron chi connectivity index (χ4n) is 4.66. The minimum atomic E-state index is -0.961. The number of rotatable bonds is 9. The zero-order valence-electron chi connectivity index (χ0n) is 21.6. The van der Waals surface area contributed by atoms with Crippen molar-refractivity contribution in [2.45, 2.75) is 18.9 Å². The number of carboxylic acids is 1. The highest BCUT2D eigenvalue weighted by Gasteiger charge is 2.18. The average molecular weight is 547 g/mol. The van der Waals surface area contributed by atoms with Crippen LogP contribution in [0.5, 0.6) is 0 Å².